The molecule has 0 aromatic heterocycles. The Labute approximate surface area is 107 Å². The van der Waals surface area contributed by atoms with E-state index in [1.807, 2.05) is 0 Å². The molecule has 0 aliphatic heterocycles. The van der Waals surface area contributed by atoms with Crippen LogP contribution in [0.5, 0.6) is 0 Å². The van der Waals surface area contributed by atoms with Crippen molar-refractivity contribution in [1.82, 2.24) is 0 Å². The van der Waals surface area contributed by atoms with Crippen LogP contribution in [-0.2, 0) is 0 Å². The molecule has 2 heteroatoms. The van der Waals surface area contributed by atoms with Crippen LogP contribution in [0.15, 0.2) is 24.3 Å². The van der Waals surface area contributed by atoms with E-state index in [0.717, 1.165) is 12.3 Å². The third-order valence-electron chi connectivity index (χ3n) is 2.57. The van der Waals surface area contributed by atoms with Gasteiger partial charge in [-0.05, 0) is 52.6 Å². The van der Waals surface area contributed by atoms with Gasteiger partial charge in [-0.2, -0.15) is 0 Å². The second kappa shape index (κ2) is 6.48. The van der Waals surface area contributed by atoms with Crippen LogP contribution in [0.3, 0.4) is 0 Å². The molecule has 2 N–H and O–H groups in total. The van der Waals surface area contributed by atoms with Gasteiger partial charge in [-0.1, -0.05) is 38.8 Å². The molecule has 1 aromatic carbocycles. The lowest BCUT2D eigenvalue weighted by Crippen LogP contribution is -2.10. The Morgan fingerprint density at radius 1 is 1.27 bits per heavy atom. The summed E-state index contributed by atoms with van der Waals surface area (Å²) < 4.78 is 1.27. The highest BCUT2D eigenvalue weighted by atomic mass is 127. The van der Waals surface area contributed by atoms with Crippen LogP contribution in [0.1, 0.15) is 44.7 Å². The first-order valence-corrected chi connectivity index (χ1v) is 6.68. The van der Waals surface area contributed by atoms with Crippen LogP contribution < -0.4 is 5.73 Å². The van der Waals surface area contributed by atoms with E-state index in [4.69, 9.17) is 5.73 Å². The molecule has 0 heterocycles. The van der Waals surface area contributed by atoms with Gasteiger partial charge in [0.2, 0.25) is 0 Å². The van der Waals surface area contributed by atoms with Gasteiger partial charge in [-0.25, -0.2) is 0 Å². The average Bonchev–Trinajstić information content (AvgIpc) is 2.17. The Morgan fingerprint density at radius 2 is 2.00 bits per heavy atom. The Kier molecular flexibility index (Phi) is 5.61. The SMILES string of the molecule is CC(C)CCCC(N)c1cccc(I)c1. The first kappa shape index (κ1) is 13.0. The minimum Gasteiger partial charge on any atom is -0.324 e. The molecular weight excluding hydrogens is 297 g/mol. The summed E-state index contributed by atoms with van der Waals surface area (Å²) in [6.45, 7) is 4.52. The zero-order valence-electron chi connectivity index (χ0n) is 9.54. The van der Waals surface area contributed by atoms with Gasteiger partial charge in [-0.15, -0.1) is 0 Å². The molecule has 0 amide bonds. The molecule has 1 rings (SSSR count). The lowest BCUT2D eigenvalue weighted by molar-refractivity contribution is 0.505. The van der Waals surface area contributed by atoms with E-state index >= 15 is 0 Å². The number of rotatable bonds is 5. The molecule has 84 valence electrons. The molecule has 15 heavy (non-hydrogen) atoms. The summed E-state index contributed by atoms with van der Waals surface area (Å²) in [5.74, 6) is 0.785. The van der Waals surface area contributed by atoms with E-state index in [2.05, 4.69) is 60.7 Å². The van der Waals surface area contributed by atoms with Crippen LogP contribution in [0, 0.1) is 9.49 Å². The minimum atomic E-state index is 0.207. The number of hydrogen-bond acceptors (Lipinski definition) is 1. The van der Waals surface area contributed by atoms with Gasteiger partial charge in [-0.3, -0.25) is 0 Å². The number of nitrogens with two attached hydrogens (primary N) is 1. The normalized spacial score (nSPS) is 13.1. The van der Waals surface area contributed by atoms with Crippen molar-refractivity contribution in [2.45, 2.75) is 39.2 Å². The van der Waals surface area contributed by atoms with Gasteiger partial charge in [0.1, 0.15) is 0 Å². The predicted octanol–water partition coefficient (Wildman–Crippen LogP) is 4.12. The summed E-state index contributed by atoms with van der Waals surface area (Å²) in [4.78, 5) is 0. The maximum absolute atomic E-state index is 6.15. The molecule has 0 radical (unpaired) electrons. The third-order valence-corrected chi connectivity index (χ3v) is 3.24. The molecule has 0 aliphatic rings. The van der Waals surface area contributed by atoms with E-state index in [0.29, 0.717) is 0 Å². The minimum absolute atomic E-state index is 0.207. The smallest absolute Gasteiger partial charge is 0.0295 e. The summed E-state index contributed by atoms with van der Waals surface area (Å²) in [7, 11) is 0. The first-order chi connectivity index (χ1) is 7.09. The quantitative estimate of drug-likeness (QED) is 0.812. The van der Waals surface area contributed by atoms with E-state index in [9.17, 15) is 0 Å². The molecule has 0 saturated heterocycles. The molecular formula is C13H20IN. The fourth-order valence-electron chi connectivity index (χ4n) is 1.65. The summed E-state index contributed by atoms with van der Waals surface area (Å²) in [6.07, 6.45) is 3.60. The largest absolute Gasteiger partial charge is 0.324 e. The van der Waals surface area contributed by atoms with Crippen LogP contribution in [0.4, 0.5) is 0 Å². The van der Waals surface area contributed by atoms with Crippen molar-refractivity contribution in [3.05, 3.63) is 33.4 Å². The second-order valence-electron chi connectivity index (χ2n) is 4.49. The highest BCUT2D eigenvalue weighted by molar-refractivity contribution is 14.1. The van der Waals surface area contributed by atoms with Crippen LogP contribution in [0.2, 0.25) is 0 Å². The highest BCUT2D eigenvalue weighted by Crippen LogP contribution is 2.20. The molecule has 0 bridgehead atoms. The van der Waals surface area contributed by atoms with Gasteiger partial charge >= 0.3 is 0 Å². The summed E-state index contributed by atoms with van der Waals surface area (Å²) in [6, 6.07) is 8.70. The van der Waals surface area contributed by atoms with Gasteiger partial charge in [0.25, 0.3) is 0 Å². The molecule has 0 saturated carbocycles. The molecule has 1 aromatic rings. The second-order valence-corrected chi connectivity index (χ2v) is 5.73. The molecule has 1 unspecified atom stereocenters. The van der Waals surface area contributed by atoms with Crippen LogP contribution in [0.25, 0.3) is 0 Å². The molecule has 0 aliphatic carbocycles. The van der Waals surface area contributed by atoms with Gasteiger partial charge in [0.15, 0.2) is 0 Å². The topological polar surface area (TPSA) is 26.0 Å². The van der Waals surface area contributed by atoms with Crippen LogP contribution in [-0.4, -0.2) is 0 Å². The monoisotopic (exact) mass is 317 g/mol. The molecule has 1 atom stereocenters. The molecule has 0 fully saturated rings. The maximum Gasteiger partial charge on any atom is 0.0295 e. The predicted molar refractivity (Wildman–Crippen MR) is 74.8 cm³/mol. The average molecular weight is 317 g/mol. The number of benzene rings is 1. The van der Waals surface area contributed by atoms with Crippen molar-refractivity contribution in [2.24, 2.45) is 11.7 Å². The maximum atomic E-state index is 6.15. The van der Waals surface area contributed by atoms with Crippen molar-refractivity contribution in [1.29, 1.82) is 0 Å². The first-order valence-electron chi connectivity index (χ1n) is 5.60. The van der Waals surface area contributed by atoms with Crippen molar-refractivity contribution in [2.75, 3.05) is 0 Å². The Morgan fingerprint density at radius 3 is 2.60 bits per heavy atom. The Balaban J connectivity index is 2.43. The van der Waals surface area contributed by atoms with Gasteiger partial charge in [0, 0.05) is 9.61 Å². The summed E-state index contributed by atoms with van der Waals surface area (Å²) in [5.41, 5.74) is 7.42. The van der Waals surface area contributed by atoms with Crippen molar-refractivity contribution < 1.29 is 0 Å². The van der Waals surface area contributed by atoms with E-state index in [1.54, 1.807) is 0 Å². The van der Waals surface area contributed by atoms with Crippen molar-refractivity contribution >= 4 is 22.6 Å². The fraction of sp³-hybridized carbons (Fsp3) is 0.538. The number of hydrogen-bond donors (Lipinski definition) is 1. The fourth-order valence-corrected chi connectivity index (χ4v) is 2.22. The molecule has 1 nitrogen and oxygen atoms in total. The van der Waals surface area contributed by atoms with Crippen LogP contribution >= 0.6 is 22.6 Å². The highest BCUT2D eigenvalue weighted by Gasteiger charge is 2.06. The standard InChI is InChI=1S/C13H20IN/c1-10(2)5-3-8-13(15)11-6-4-7-12(14)9-11/h4,6-7,9-10,13H,3,5,8,15H2,1-2H3. The van der Waals surface area contributed by atoms with Gasteiger partial charge < -0.3 is 5.73 Å². The Bertz CT molecular complexity index is 296. The van der Waals surface area contributed by atoms with Crippen molar-refractivity contribution in [3.8, 4) is 0 Å². The van der Waals surface area contributed by atoms with E-state index in [1.165, 1.54) is 22.0 Å². The summed E-state index contributed by atoms with van der Waals surface area (Å²) in [5, 5.41) is 0. The Hall–Kier alpha value is -0.0900. The third kappa shape index (κ3) is 4.98. The van der Waals surface area contributed by atoms with E-state index < -0.39 is 0 Å². The zero-order chi connectivity index (χ0) is 11.3. The summed E-state index contributed by atoms with van der Waals surface area (Å²) >= 11 is 2.33. The zero-order valence-corrected chi connectivity index (χ0v) is 11.7. The van der Waals surface area contributed by atoms with Crippen molar-refractivity contribution in [3.63, 3.8) is 0 Å². The molecule has 0 spiro atoms. The lowest BCUT2D eigenvalue weighted by Gasteiger charge is -2.13. The number of halogens is 1. The van der Waals surface area contributed by atoms with Gasteiger partial charge in [0.05, 0.1) is 0 Å². The van der Waals surface area contributed by atoms with E-state index in [-0.39, 0.29) is 6.04 Å². The lowest BCUT2D eigenvalue weighted by atomic mass is 9.99.